The molecule has 21 heavy (non-hydrogen) atoms. The van der Waals surface area contributed by atoms with Gasteiger partial charge in [-0.15, -0.1) is 0 Å². The first-order valence-corrected chi connectivity index (χ1v) is 7.47. The van der Waals surface area contributed by atoms with Crippen LogP contribution in [0.3, 0.4) is 0 Å². The number of H-pyrrole nitrogens is 1. The molecule has 0 spiro atoms. The van der Waals surface area contributed by atoms with Gasteiger partial charge in [-0.1, -0.05) is 12.2 Å². The number of rotatable bonds is 1. The van der Waals surface area contributed by atoms with Crippen LogP contribution in [0.25, 0.3) is 17.0 Å². The van der Waals surface area contributed by atoms with Gasteiger partial charge in [-0.25, -0.2) is 0 Å². The molecular weight excluding hydrogens is 260 g/mol. The van der Waals surface area contributed by atoms with Gasteiger partial charge < -0.3 is 14.6 Å². The van der Waals surface area contributed by atoms with Crippen LogP contribution in [0.1, 0.15) is 30.5 Å². The minimum Gasteiger partial charge on any atom is -0.497 e. The molecule has 0 amide bonds. The van der Waals surface area contributed by atoms with Crippen molar-refractivity contribution in [1.29, 1.82) is 0 Å². The van der Waals surface area contributed by atoms with E-state index in [0.29, 0.717) is 12.0 Å². The maximum atomic E-state index is 5.38. The number of methoxy groups -OCH3 is 1. The van der Waals surface area contributed by atoms with Crippen molar-refractivity contribution in [1.82, 2.24) is 9.88 Å². The van der Waals surface area contributed by atoms with Gasteiger partial charge in [0.25, 0.3) is 0 Å². The van der Waals surface area contributed by atoms with Gasteiger partial charge in [-0.3, -0.25) is 0 Å². The highest BCUT2D eigenvalue weighted by atomic mass is 16.5. The van der Waals surface area contributed by atoms with Crippen molar-refractivity contribution in [2.45, 2.75) is 25.3 Å². The second-order valence-electron chi connectivity index (χ2n) is 6.15. The summed E-state index contributed by atoms with van der Waals surface area (Å²) in [6, 6.07) is 6.75. The highest BCUT2D eigenvalue weighted by molar-refractivity contribution is 5.92. The Kier molecular flexibility index (Phi) is 2.64. The molecule has 2 unspecified atom stereocenters. The van der Waals surface area contributed by atoms with Crippen LogP contribution in [0.15, 0.2) is 36.6 Å². The second-order valence-corrected chi connectivity index (χ2v) is 6.15. The van der Waals surface area contributed by atoms with Crippen molar-refractivity contribution >= 4 is 17.0 Å². The van der Waals surface area contributed by atoms with Gasteiger partial charge in [0.2, 0.25) is 0 Å². The van der Waals surface area contributed by atoms with E-state index in [0.717, 1.165) is 18.7 Å². The quantitative estimate of drug-likeness (QED) is 0.803. The summed E-state index contributed by atoms with van der Waals surface area (Å²) in [6.07, 6.45) is 5.53. The van der Waals surface area contributed by atoms with Gasteiger partial charge in [0.1, 0.15) is 5.75 Å². The Hall–Kier alpha value is -2.16. The van der Waals surface area contributed by atoms with Gasteiger partial charge in [0.15, 0.2) is 0 Å². The van der Waals surface area contributed by atoms with E-state index in [2.05, 4.69) is 47.8 Å². The SMILES string of the molecule is C=C1CC2c3[nH]c4ccc(OC)cc4c3C=CN(C1)C2C. The predicted octanol–water partition coefficient (Wildman–Crippen LogP) is 3.89. The molecule has 0 saturated carbocycles. The third-order valence-electron chi connectivity index (χ3n) is 4.90. The molecule has 108 valence electrons. The fourth-order valence-corrected chi connectivity index (χ4v) is 3.69. The largest absolute Gasteiger partial charge is 0.497 e. The van der Waals surface area contributed by atoms with E-state index in [-0.39, 0.29) is 0 Å². The normalized spacial score (nSPS) is 24.1. The molecule has 1 saturated heterocycles. The third kappa shape index (κ3) is 1.80. The fourth-order valence-electron chi connectivity index (χ4n) is 3.69. The summed E-state index contributed by atoms with van der Waals surface area (Å²) in [5.41, 5.74) is 5.14. The van der Waals surface area contributed by atoms with Crippen molar-refractivity contribution in [3.8, 4) is 5.75 Å². The molecule has 2 aliphatic heterocycles. The number of hydrogen-bond acceptors (Lipinski definition) is 2. The molecule has 1 N–H and O–H groups in total. The van der Waals surface area contributed by atoms with Gasteiger partial charge in [0.05, 0.1) is 7.11 Å². The van der Waals surface area contributed by atoms with E-state index in [1.165, 1.54) is 27.7 Å². The van der Waals surface area contributed by atoms with Crippen LogP contribution in [-0.4, -0.2) is 29.6 Å². The Balaban J connectivity index is 1.95. The minimum atomic E-state index is 0.481. The van der Waals surface area contributed by atoms with Gasteiger partial charge in [-0.2, -0.15) is 0 Å². The minimum absolute atomic E-state index is 0.481. The first kappa shape index (κ1) is 12.6. The van der Waals surface area contributed by atoms with Gasteiger partial charge in [0, 0.05) is 46.9 Å². The molecule has 1 fully saturated rings. The van der Waals surface area contributed by atoms with E-state index < -0.39 is 0 Å². The molecule has 1 aromatic heterocycles. The number of aromatic amines is 1. The molecule has 0 radical (unpaired) electrons. The van der Waals surface area contributed by atoms with Crippen molar-refractivity contribution in [2.75, 3.05) is 13.7 Å². The molecule has 2 aromatic rings. The molecule has 2 bridgehead atoms. The van der Waals surface area contributed by atoms with Crippen LogP contribution in [0.2, 0.25) is 0 Å². The average Bonchev–Trinajstić information content (AvgIpc) is 2.82. The summed E-state index contributed by atoms with van der Waals surface area (Å²) in [5, 5.41) is 1.24. The van der Waals surface area contributed by atoms with Crippen LogP contribution in [0, 0.1) is 0 Å². The molecule has 2 aliphatic rings. The number of nitrogens with one attached hydrogen (secondary N) is 1. The number of piperidine rings is 1. The summed E-state index contributed by atoms with van der Waals surface area (Å²) in [7, 11) is 1.72. The number of hydrogen-bond donors (Lipinski definition) is 1. The van der Waals surface area contributed by atoms with Crippen LogP contribution in [-0.2, 0) is 0 Å². The Morgan fingerprint density at radius 1 is 1.38 bits per heavy atom. The van der Waals surface area contributed by atoms with Crippen LogP contribution >= 0.6 is 0 Å². The number of benzene rings is 1. The standard InChI is InChI=1S/C18H20N2O/c1-11-8-15-12(2)20(10-11)7-6-14-16-9-13(21-3)4-5-17(16)19-18(14)15/h4-7,9,12,15,19H,1,8,10H2,2-3H3. The van der Waals surface area contributed by atoms with Crippen molar-refractivity contribution in [3.05, 3.63) is 47.8 Å². The van der Waals surface area contributed by atoms with Crippen molar-refractivity contribution in [3.63, 3.8) is 0 Å². The molecule has 1 aromatic carbocycles. The smallest absolute Gasteiger partial charge is 0.119 e. The fraction of sp³-hybridized carbons (Fsp3) is 0.333. The predicted molar refractivity (Wildman–Crippen MR) is 86.6 cm³/mol. The van der Waals surface area contributed by atoms with E-state index in [4.69, 9.17) is 4.74 Å². The maximum Gasteiger partial charge on any atom is 0.119 e. The zero-order valence-corrected chi connectivity index (χ0v) is 12.5. The van der Waals surface area contributed by atoms with E-state index in [1.54, 1.807) is 7.11 Å². The van der Waals surface area contributed by atoms with Gasteiger partial charge >= 0.3 is 0 Å². The molecule has 4 rings (SSSR count). The van der Waals surface area contributed by atoms with Gasteiger partial charge in [-0.05, 0) is 37.6 Å². The van der Waals surface area contributed by atoms with Crippen molar-refractivity contribution in [2.24, 2.45) is 0 Å². The lowest BCUT2D eigenvalue weighted by Crippen LogP contribution is -2.39. The second kappa shape index (κ2) is 4.42. The van der Waals surface area contributed by atoms with Crippen LogP contribution in [0.5, 0.6) is 5.75 Å². The number of ether oxygens (including phenoxy) is 1. The first-order chi connectivity index (χ1) is 10.2. The highest BCUT2D eigenvalue weighted by Crippen LogP contribution is 2.41. The summed E-state index contributed by atoms with van der Waals surface area (Å²) in [5.74, 6) is 1.39. The molecule has 3 nitrogen and oxygen atoms in total. The zero-order valence-electron chi connectivity index (χ0n) is 12.5. The average molecular weight is 280 g/mol. The Bertz CT molecular complexity index is 756. The summed E-state index contributed by atoms with van der Waals surface area (Å²) < 4.78 is 5.38. The Morgan fingerprint density at radius 3 is 3.05 bits per heavy atom. The lowest BCUT2D eigenvalue weighted by molar-refractivity contribution is 0.240. The number of fused-ring (bicyclic) bond motifs is 6. The van der Waals surface area contributed by atoms with Crippen LogP contribution in [0.4, 0.5) is 0 Å². The van der Waals surface area contributed by atoms with E-state index in [1.807, 2.05) is 6.07 Å². The summed E-state index contributed by atoms with van der Waals surface area (Å²) in [6.45, 7) is 7.50. The topological polar surface area (TPSA) is 28.3 Å². The summed E-state index contributed by atoms with van der Waals surface area (Å²) in [4.78, 5) is 6.04. The summed E-state index contributed by atoms with van der Waals surface area (Å²) >= 11 is 0. The molecule has 2 atom stereocenters. The van der Waals surface area contributed by atoms with Crippen LogP contribution < -0.4 is 4.74 Å². The third-order valence-corrected chi connectivity index (χ3v) is 4.90. The number of aromatic nitrogens is 1. The van der Waals surface area contributed by atoms with E-state index in [9.17, 15) is 0 Å². The first-order valence-electron chi connectivity index (χ1n) is 7.47. The highest BCUT2D eigenvalue weighted by Gasteiger charge is 2.33. The lowest BCUT2D eigenvalue weighted by atomic mass is 9.85. The lowest BCUT2D eigenvalue weighted by Gasteiger charge is -2.38. The Morgan fingerprint density at radius 2 is 2.24 bits per heavy atom. The van der Waals surface area contributed by atoms with E-state index >= 15 is 0 Å². The molecule has 3 heterocycles. The molecule has 0 aliphatic carbocycles. The number of nitrogens with zero attached hydrogens (tertiary/aromatic N) is 1. The van der Waals surface area contributed by atoms with Crippen molar-refractivity contribution < 1.29 is 4.74 Å². The monoisotopic (exact) mass is 280 g/mol. The zero-order chi connectivity index (χ0) is 14.6. The maximum absolute atomic E-state index is 5.38. The Labute approximate surface area is 124 Å². The molecular formula is C18H20N2O. The molecule has 3 heteroatoms.